The molecule has 0 aliphatic carbocycles. The molecule has 0 spiro atoms. The first-order valence-corrected chi connectivity index (χ1v) is 5.69. The average molecular weight is 230 g/mol. The van der Waals surface area contributed by atoms with Crippen molar-refractivity contribution in [3.8, 4) is 0 Å². The number of hydrogen-bond acceptors (Lipinski definition) is 2. The molecule has 0 aliphatic heterocycles. The molecule has 0 saturated carbocycles. The maximum Gasteiger partial charge on any atom is 0.323 e. The molecule has 0 bridgehead atoms. The number of aliphatic carboxylic acids is 1. The summed E-state index contributed by atoms with van der Waals surface area (Å²) in [6, 6.07) is -0.208. The maximum atomic E-state index is 11.7. The summed E-state index contributed by atoms with van der Waals surface area (Å²) in [5.41, 5.74) is 0. The van der Waals surface area contributed by atoms with Crippen LogP contribution in [0.2, 0.25) is 0 Å². The van der Waals surface area contributed by atoms with Gasteiger partial charge in [-0.25, -0.2) is 4.79 Å². The van der Waals surface area contributed by atoms with Gasteiger partial charge in [-0.1, -0.05) is 20.8 Å². The summed E-state index contributed by atoms with van der Waals surface area (Å²) in [4.78, 5) is 23.6. The third-order valence-corrected chi connectivity index (χ3v) is 2.55. The van der Waals surface area contributed by atoms with Gasteiger partial charge < -0.3 is 15.3 Å². The van der Waals surface area contributed by atoms with Gasteiger partial charge in [-0.15, -0.1) is 0 Å². The van der Waals surface area contributed by atoms with E-state index < -0.39 is 5.97 Å². The van der Waals surface area contributed by atoms with Crippen LogP contribution in [0.3, 0.4) is 0 Å². The largest absolute Gasteiger partial charge is 0.480 e. The lowest BCUT2D eigenvalue weighted by Gasteiger charge is -2.25. The topological polar surface area (TPSA) is 69.6 Å². The summed E-state index contributed by atoms with van der Waals surface area (Å²) in [5, 5.41) is 11.5. The van der Waals surface area contributed by atoms with Gasteiger partial charge in [-0.3, -0.25) is 4.79 Å². The molecule has 0 saturated heterocycles. The molecule has 1 atom stereocenters. The number of carboxylic acid groups (broad SMARTS) is 1. The van der Waals surface area contributed by atoms with E-state index in [4.69, 9.17) is 5.11 Å². The van der Waals surface area contributed by atoms with Gasteiger partial charge in [-0.2, -0.15) is 0 Å². The molecule has 5 nitrogen and oxygen atoms in total. The fourth-order valence-electron chi connectivity index (χ4n) is 1.48. The Labute approximate surface area is 96.8 Å². The summed E-state index contributed by atoms with van der Waals surface area (Å²) in [5.74, 6) is -0.646. The predicted octanol–water partition coefficient (Wildman–Crippen LogP) is 1.54. The first-order valence-electron chi connectivity index (χ1n) is 5.69. The SMILES string of the molecule is CCC(NC(=O)N(CC)CC(=O)O)C(C)C. The number of carbonyl (C=O) groups excluding carboxylic acids is 1. The number of urea groups is 1. The molecule has 0 aromatic rings. The lowest BCUT2D eigenvalue weighted by Crippen LogP contribution is -2.48. The van der Waals surface area contributed by atoms with E-state index in [-0.39, 0.29) is 18.6 Å². The van der Waals surface area contributed by atoms with Crippen molar-refractivity contribution >= 4 is 12.0 Å². The Bertz CT molecular complexity index is 241. The molecule has 94 valence electrons. The second-order valence-electron chi connectivity index (χ2n) is 4.12. The van der Waals surface area contributed by atoms with Crippen LogP contribution >= 0.6 is 0 Å². The molecule has 0 radical (unpaired) electrons. The van der Waals surface area contributed by atoms with Crippen LogP contribution in [0.15, 0.2) is 0 Å². The van der Waals surface area contributed by atoms with E-state index in [2.05, 4.69) is 5.32 Å². The number of likely N-dealkylation sites (N-methyl/N-ethyl adjacent to an activating group) is 1. The summed E-state index contributed by atoms with van der Waals surface area (Å²) >= 11 is 0. The number of rotatable bonds is 6. The average Bonchev–Trinajstić information content (AvgIpc) is 2.21. The van der Waals surface area contributed by atoms with Crippen molar-refractivity contribution in [1.29, 1.82) is 0 Å². The Hall–Kier alpha value is -1.26. The fourth-order valence-corrected chi connectivity index (χ4v) is 1.48. The molecule has 0 rings (SSSR count). The Morgan fingerprint density at radius 3 is 2.19 bits per heavy atom. The van der Waals surface area contributed by atoms with Crippen LogP contribution in [-0.2, 0) is 4.79 Å². The number of hydrogen-bond donors (Lipinski definition) is 2. The highest BCUT2D eigenvalue weighted by atomic mass is 16.4. The molecule has 0 aromatic carbocycles. The van der Waals surface area contributed by atoms with Crippen LogP contribution in [0.25, 0.3) is 0 Å². The first-order chi connectivity index (χ1) is 7.42. The third kappa shape index (κ3) is 5.00. The second-order valence-corrected chi connectivity index (χ2v) is 4.12. The molecular weight excluding hydrogens is 208 g/mol. The van der Waals surface area contributed by atoms with Crippen LogP contribution in [-0.4, -0.2) is 41.1 Å². The molecule has 0 fully saturated rings. The number of nitrogens with one attached hydrogen (secondary N) is 1. The number of amides is 2. The third-order valence-electron chi connectivity index (χ3n) is 2.55. The number of nitrogens with zero attached hydrogens (tertiary/aromatic N) is 1. The van der Waals surface area contributed by atoms with Gasteiger partial charge in [0.05, 0.1) is 0 Å². The Morgan fingerprint density at radius 1 is 1.31 bits per heavy atom. The monoisotopic (exact) mass is 230 g/mol. The van der Waals surface area contributed by atoms with Crippen LogP contribution in [0.1, 0.15) is 34.1 Å². The van der Waals surface area contributed by atoms with Crippen molar-refractivity contribution in [1.82, 2.24) is 10.2 Å². The van der Waals surface area contributed by atoms with Gasteiger partial charge in [0.15, 0.2) is 0 Å². The van der Waals surface area contributed by atoms with E-state index in [0.29, 0.717) is 12.5 Å². The normalized spacial score (nSPS) is 12.3. The van der Waals surface area contributed by atoms with E-state index in [1.54, 1.807) is 6.92 Å². The summed E-state index contributed by atoms with van der Waals surface area (Å²) in [6.07, 6.45) is 0.841. The number of carboxylic acids is 1. The smallest absolute Gasteiger partial charge is 0.323 e. The van der Waals surface area contributed by atoms with E-state index in [9.17, 15) is 9.59 Å². The molecule has 2 amide bonds. The number of carbonyl (C=O) groups is 2. The Kier molecular flexibility index (Phi) is 6.53. The second kappa shape index (κ2) is 7.09. The summed E-state index contributed by atoms with van der Waals surface area (Å²) in [6.45, 7) is 7.96. The van der Waals surface area contributed by atoms with Gasteiger partial charge in [0.1, 0.15) is 6.54 Å². The zero-order chi connectivity index (χ0) is 12.7. The molecule has 16 heavy (non-hydrogen) atoms. The molecular formula is C11H22N2O3. The highest BCUT2D eigenvalue weighted by molar-refractivity contribution is 5.80. The van der Waals surface area contributed by atoms with Crippen LogP contribution in [0, 0.1) is 5.92 Å². The van der Waals surface area contributed by atoms with Gasteiger partial charge in [0, 0.05) is 12.6 Å². The van der Waals surface area contributed by atoms with Crippen molar-refractivity contribution in [3.05, 3.63) is 0 Å². The standard InChI is InChI=1S/C11H22N2O3/c1-5-9(8(3)4)12-11(16)13(6-2)7-10(14)15/h8-9H,5-7H2,1-4H3,(H,12,16)(H,14,15). The van der Waals surface area contributed by atoms with Crippen LogP contribution in [0.5, 0.6) is 0 Å². The molecule has 0 heterocycles. The van der Waals surface area contributed by atoms with Crippen molar-refractivity contribution in [3.63, 3.8) is 0 Å². The zero-order valence-electron chi connectivity index (χ0n) is 10.5. The fraction of sp³-hybridized carbons (Fsp3) is 0.818. The van der Waals surface area contributed by atoms with E-state index in [1.165, 1.54) is 4.90 Å². The van der Waals surface area contributed by atoms with Crippen molar-refractivity contribution in [2.24, 2.45) is 5.92 Å². The van der Waals surface area contributed by atoms with Crippen LogP contribution < -0.4 is 5.32 Å². The van der Waals surface area contributed by atoms with E-state index in [0.717, 1.165) is 6.42 Å². The minimum absolute atomic E-state index is 0.0929. The summed E-state index contributed by atoms with van der Waals surface area (Å²) in [7, 11) is 0. The predicted molar refractivity (Wildman–Crippen MR) is 62.3 cm³/mol. The van der Waals surface area contributed by atoms with Crippen molar-refractivity contribution in [2.75, 3.05) is 13.1 Å². The van der Waals surface area contributed by atoms with Crippen molar-refractivity contribution in [2.45, 2.75) is 40.2 Å². The molecule has 0 aliphatic rings. The highest BCUT2D eigenvalue weighted by Gasteiger charge is 2.19. The van der Waals surface area contributed by atoms with Crippen molar-refractivity contribution < 1.29 is 14.7 Å². The minimum Gasteiger partial charge on any atom is -0.480 e. The molecule has 5 heteroatoms. The zero-order valence-corrected chi connectivity index (χ0v) is 10.5. The lowest BCUT2D eigenvalue weighted by molar-refractivity contribution is -0.137. The molecule has 0 aromatic heterocycles. The first kappa shape index (κ1) is 14.7. The Morgan fingerprint density at radius 2 is 1.88 bits per heavy atom. The molecule has 1 unspecified atom stereocenters. The van der Waals surface area contributed by atoms with Gasteiger partial charge in [0.25, 0.3) is 0 Å². The van der Waals surface area contributed by atoms with E-state index >= 15 is 0 Å². The Balaban J connectivity index is 4.34. The minimum atomic E-state index is -0.991. The highest BCUT2D eigenvalue weighted by Crippen LogP contribution is 2.06. The quantitative estimate of drug-likeness (QED) is 0.727. The van der Waals surface area contributed by atoms with Gasteiger partial charge in [-0.05, 0) is 19.3 Å². The summed E-state index contributed by atoms with van der Waals surface area (Å²) < 4.78 is 0. The van der Waals surface area contributed by atoms with Gasteiger partial charge >= 0.3 is 12.0 Å². The van der Waals surface area contributed by atoms with E-state index in [1.807, 2.05) is 20.8 Å². The van der Waals surface area contributed by atoms with Crippen LogP contribution in [0.4, 0.5) is 4.79 Å². The lowest BCUT2D eigenvalue weighted by atomic mass is 10.0. The van der Waals surface area contributed by atoms with Gasteiger partial charge in [0.2, 0.25) is 0 Å². The molecule has 2 N–H and O–H groups in total. The maximum absolute atomic E-state index is 11.7.